The number of nitrogens with zero attached hydrogens (tertiary/aromatic N) is 1. The molecule has 20 heavy (non-hydrogen) atoms. The highest BCUT2D eigenvalue weighted by Gasteiger charge is 2.26. The first-order valence-corrected chi connectivity index (χ1v) is 7.40. The topological polar surface area (TPSA) is 36.4 Å². The van der Waals surface area contributed by atoms with Crippen LogP contribution in [0.1, 0.15) is 18.2 Å². The Kier molecular flexibility index (Phi) is 9.81. The first-order valence-electron chi connectivity index (χ1n) is 5.72. The van der Waals surface area contributed by atoms with Crippen molar-refractivity contribution in [1.29, 1.82) is 0 Å². The highest BCUT2D eigenvalue weighted by Crippen LogP contribution is 2.20. The lowest BCUT2D eigenvalue weighted by Gasteiger charge is -2.12. The van der Waals surface area contributed by atoms with E-state index in [1.54, 1.807) is 11.3 Å². The molecule has 0 aromatic carbocycles. The normalized spacial score (nSPS) is 11.9. The zero-order chi connectivity index (χ0) is 14.3. The molecule has 1 aromatic heterocycles. The van der Waals surface area contributed by atoms with Crippen molar-refractivity contribution in [1.82, 2.24) is 10.6 Å². The van der Waals surface area contributed by atoms with Crippen LogP contribution in [0.5, 0.6) is 0 Å². The maximum atomic E-state index is 12.0. The van der Waals surface area contributed by atoms with Crippen molar-refractivity contribution in [2.45, 2.75) is 26.1 Å². The summed E-state index contributed by atoms with van der Waals surface area (Å²) in [5.41, 5.74) is 0. The van der Waals surface area contributed by atoms with Crippen molar-refractivity contribution >= 4 is 57.2 Å². The predicted molar refractivity (Wildman–Crippen MR) is 90.9 cm³/mol. The lowest BCUT2D eigenvalue weighted by Crippen LogP contribution is -2.38. The van der Waals surface area contributed by atoms with E-state index in [1.165, 1.54) is 0 Å². The second-order valence-electron chi connectivity index (χ2n) is 3.72. The number of rotatable bonds is 5. The molecule has 0 atom stereocenters. The van der Waals surface area contributed by atoms with Gasteiger partial charge in [-0.25, -0.2) is 4.99 Å². The van der Waals surface area contributed by atoms with Crippen LogP contribution in [0.3, 0.4) is 0 Å². The Balaban J connectivity index is 0.00000361. The van der Waals surface area contributed by atoms with Crippen molar-refractivity contribution < 1.29 is 13.2 Å². The fraction of sp³-hybridized carbons (Fsp3) is 0.545. The van der Waals surface area contributed by atoms with E-state index in [4.69, 9.17) is 0 Å². The van der Waals surface area contributed by atoms with Crippen LogP contribution in [-0.4, -0.2) is 25.2 Å². The average Bonchev–Trinajstić information content (AvgIpc) is 2.70. The van der Waals surface area contributed by atoms with Crippen LogP contribution >= 0.6 is 51.2 Å². The molecule has 0 amide bonds. The van der Waals surface area contributed by atoms with Crippen LogP contribution in [0.2, 0.25) is 0 Å². The van der Waals surface area contributed by atoms with E-state index in [9.17, 15) is 13.2 Å². The first kappa shape index (κ1) is 20.0. The van der Waals surface area contributed by atoms with Crippen LogP contribution in [0.4, 0.5) is 13.2 Å². The lowest BCUT2D eigenvalue weighted by atomic mass is 10.4. The van der Waals surface area contributed by atoms with E-state index in [0.29, 0.717) is 19.0 Å². The smallest absolute Gasteiger partial charge is 0.357 e. The minimum Gasteiger partial charge on any atom is -0.357 e. The van der Waals surface area contributed by atoms with Crippen molar-refractivity contribution in [2.24, 2.45) is 4.99 Å². The van der Waals surface area contributed by atoms with Crippen LogP contribution in [-0.2, 0) is 6.54 Å². The fourth-order valence-electron chi connectivity index (χ4n) is 1.26. The molecule has 0 saturated carbocycles. The van der Waals surface area contributed by atoms with E-state index in [-0.39, 0.29) is 30.5 Å². The number of guanidine groups is 1. The molecule has 2 N–H and O–H groups in total. The number of aliphatic imine (C=N–C) groups is 1. The van der Waals surface area contributed by atoms with Crippen LogP contribution in [0.15, 0.2) is 20.9 Å². The lowest BCUT2D eigenvalue weighted by molar-refractivity contribution is -0.132. The average molecular weight is 486 g/mol. The second-order valence-corrected chi connectivity index (χ2v) is 5.63. The van der Waals surface area contributed by atoms with Crippen LogP contribution in [0, 0.1) is 0 Å². The van der Waals surface area contributed by atoms with Gasteiger partial charge in [0.05, 0.1) is 13.0 Å². The fourth-order valence-corrected chi connectivity index (χ4v) is 2.63. The summed E-state index contributed by atoms with van der Waals surface area (Å²) < 4.78 is 37.1. The summed E-state index contributed by atoms with van der Waals surface area (Å²) in [5.74, 6) is 0.399. The number of nitrogens with one attached hydrogen (secondary N) is 2. The minimum absolute atomic E-state index is 0. The molecule has 1 heterocycles. The number of hydrogen-bond donors (Lipinski definition) is 2. The van der Waals surface area contributed by atoms with Gasteiger partial charge in [-0.05, 0) is 28.9 Å². The molecule has 0 radical (unpaired) electrons. The van der Waals surface area contributed by atoms with Crippen molar-refractivity contribution in [2.75, 3.05) is 13.1 Å². The van der Waals surface area contributed by atoms with Crippen LogP contribution < -0.4 is 10.6 Å². The SMILES string of the molecule is CCNC(=NCc1cc(Br)cs1)NCCC(F)(F)F.I. The van der Waals surface area contributed by atoms with Crippen molar-refractivity contribution in [3.8, 4) is 0 Å². The molecule has 3 nitrogen and oxygen atoms in total. The Labute approximate surface area is 145 Å². The molecule has 0 saturated heterocycles. The first-order chi connectivity index (χ1) is 8.90. The Morgan fingerprint density at radius 1 is 1.40 bits per heavy atom. The van der Waals surface area contributed by atoms with Gasteiger partial charge in [0.2, 0.25) is 0 Å². The zero-order valence-corrected chi connectivity index (χ0v) is 15.5. The summed E-state index contributed by atoms with van der Waals surface area (Å²) in [4.78, 5) is 5.27. The van der Waals surface area contributed by atoms with Gasteiger partial charge in [0.25, 0.3) is 0 Å². The maximum absolute atomic E-state index is 12.0. The maximum Gasteiger partial charge on any atom is 0.390 e. The Morgan fingerprint density at radius 2 is 2.10 bits per heavy atom. The van der Waals surface area contributed by atoms with Crippen molar-refractivity contribution in [3.05, 3.63) is 20.8 Å². The molecule has 0 spiro atoms. The highest BCUT2D eigenvalue weighted by atomic mass is 127. The molecule has 0 unspecified atom stereocenters. The van der Waals surface area contributed by atoms with Gasteiger partial charge in [-0.15, -0.1) is 35.3 Å². The van der Waals surface area contributed by atoms with E-state index in [0.717, 1.165) is 9.35 Å². The van der Waals surface area contributed by atoms with Crippen molar-refractivity contribution in [3.63, 3.8) is 0 Å². The predicted octanol–water partition coefficient (Wildman–Crippen LogP) is 4.14. The summed E-state index contributed by atoms with van der Waals surface area (Å²) >= 11 is 4.89. The second kappa shape index (κ2) is 9.82. The molecule has 116 valence electrons. The minimum atomic E-state index is -4.15. The molecular weight excluding hydrogens is 470 g/mol. The molecule has 0 aliphatic rings. The molecule has 1 rings (SSSR count). The van der Waals surface area contributed by atoms with Crippen LogP contribution in [0.25, 0.3) is 0 Å². The summed E-state index contributed by atoms with van der Waals surface area (Å²) in [6, 6.07) is 1.94. The van der Waals surface area contributed by atoms with E-state index in [2.05, 4.69) is 31.6 Å². The Bertz CT molecular complexity index is 423. The van der Waals surface area contributed by atoms with E-state index >= 15 is 0 Å². The highest BCUT2D eigenvalue weighted by molar-refractivity contribution is 14.0. The van der Waals surface area contributed by atoms with Gasteiger partial charge >= 0.3 is 6.18 Å². The van der Waals surface area contributed by atoms with Gasteiger partial charge in [-0.1, -0.05) is 0 Å². The molecule has 0 bridgehead atoms. The Morgan fingerprint density at radius 3 is 2.60 bits per heavy atom. The molecule has 1 aromatic rings. The standard InChI is InChI=1S/C11H15BrF3N3S.HI/c1-2-16-10(17-4-3-11(13,14)15)18-6-9-5-8(12)7-19-9;/h5,7H,2-4,6H2,1H3,(H2,16,17,18);1H. The largest absolute Gasteiger partial charge is 0.390 e. The number of hydrogen-bond acceptors (Lipinski definition) is 2. The molecule has 0 aliphatic heterocycles. The van der Waals surface area contributed by atoms with Gasteiger partial charge in [-0.3, -0.25) is 0 Å². The quantitative estimate of drug-likeness (QED) is 0.373. The third-order valence-electron chi connectivity index (χ3n) is 2.06. The van der Waals surface area contributed by atoms with Gasteiger partial charge in [0, 0.05) is 27.8 Å². The number of thiophene rings is 1. The summed E-state index contributed by atoms with van der Waals surface area (Å²) in [7, 11) is 0. The van der Waals surface area contributed by atoms with Gasteiger partial charge in [-0.2, -0.15) is 13.2 Å². The third-order valence-corrected chi connectivity index (χ3v) is 3.74. The monoisotopic (exact) mass is 485 g/mol. The summed E-state index contributed by atoms with van der Waals surface area (Å²) in [6.07, 6.45) is -5.02. The van der Waals surface area contributed by atoms with E-state index < -0.39 is 12.6 Å². The molecule has 0 aliphatic carbocycles. The number of alkyl halides is 3. The Hall–Kier alpha value is -0.0300. The third kappa shape index (κ3) is 9.01. The van der Waals surface area contributed by atoms with Gasteiger partial charge < -0.3 is 10.6 Å². The zero-order valence-electron chi connectivity index (χ0n) is 10.8. The molecule has 9 heteroatoms. The molecular formula is C11H16BrF3IN3S. The summed E-state index contributed by atoms with van der Waals surface area (Å²) in [6.45, 7) is 2.73. The van der Waals surface area contributed by atoms with Gasteiger partial charge in [0.1, 0.15) is 0 Å². The van der Waals surface area contributed by atoms with Gasteiger partial charge in [0.15, 0.2) is 5.96 Å². The van der Waals surface area contributed by atoms with E-state index in [1.807, 2.05) is 18.4 Å². The number of halogens is 5. The summed E-state index contributed by atoms with van der Waals surface area (Å²) in [5, 5.41) is 7.52. The molecule has 0 fully saturated rings.